The topological polar surface area (TPSA) is 19.4 Å². The minimum atomic E-state index is 0.167. The second kappa shape index (κ2) is 3.57. The van der Waals surface area contributed by atoms with Crippen molar-refractivity contribution in [3.05, 3.63) is 36.8 Å². The van der Waals surface area contributed by atoms with E-state index in [9.17, 15) is 0 Å². The van der Waals surface area contributed by atoms with Crippen molar-refractivity contribution in [1.29, 1.82) is 0 Å². The van der Waals surface area contributed by atoms with E-state index < -0.39 is 0 Å². The van der Waals surface area contributed by atoms with Crippen LogP contribution in [0, 0.1) is 0 Å². The van der Waals surface area contributed by atoms with Gasteiger partial charge in [0.15, 0.2) is 0 Å². The summed E-state index contributed by atoms with van der Waals surface area (Å²) in [5.41, 5.74) is 0.167. The third-order valence-electron chi connectivity index (χ3n) is 2.54. The molecule has 3 heteroatoms. The maximum atomic E-state index is 4.33. The Hall–Kier alpha value is -1.51. The summed E-state index contributed by atoms with van der Waals surface area (Å²) < 4.78 is 0. The Kier molecular flexibility index (Phi) is 2.39. The fraction of sp³-hybridized carbons (Fsp3) is 0.417. The average molecular weight is 203 g/mol. The zero-order valence-electron chi connectivity index (χ0n) is 9.51. The van der Waals surface area contributed by atoms with Crippen LogP contribution in [0.1, 0.15) is 20.8 Å². The van der Waals surface area contributed by atoms with Gasteiger partial charge < -0.3 is 9.80 Å². The second-order valence-electron chi connectivity index (χ2n) is 4.74. The lowest BCUT2D eigenvalue weighted by molar-refractivity contribution is 0.222. The fourth-order valence-corrected chi connectivity index (χ4v) is 1.53. The summed E-state index contributed by atoms with van der Waals surface area (Å²) in [5.74, 6) is 1.00. The predicted molar refractivity (Wildman–Crippen MR) is 62.3 cm³/mol. The van der Waals surface area contributed by atoms with Crippen LogP contribution in [0.2, 0.25) is 0 Å². The highest BCUT2D eigenvalue weighted by atomic mass is 15.4. The summed E-state index contributed by atoms with van der Waals surface area (Å²) in [7, 11) is 0. The third kappa shape index (κ3) is 2.12. The minimum absolute atomic E-state index is 0.167. The standard InChI is InChI=1S/C12H17N3/c1-12(2,3)15-9-8-14(10-15)11-6-4-5-7-13-11/h4-9H,10H2,1-3H3. The SMILES string of the molecule is CC(C)(C)N1C=CN(c2ccccn2)C1. The molecule has 1 aliphatic rings. The summed E-state index contributed by atoms with van der Waals surface area (Å²) in [5, 5.41) is 0. The molecule has 0 atom stereocenters. The van der Waals surface area contributed by atoms with Gasteiger partial charge >= 0.3 is 0 Å². The van der Waals surface area contributed by atoms with Crippen molar-refractivity contribution < 1.29 is 0 Å². The van der Waals surface area contributed by atoms with Crippen molar-refractivity contribution in [1.82, 2.24) is 9.88 Å². The first kappa shape index (κ1) is 10.0. The molecule has 0 N–H and O–H groups in total. The zero-order valence-corrected chi connectivity index (χ0v) is 9.51. The smallest absolute Gasteiger partial charge is 0.133 e. The van der Waals surface area contributed by atoms with Crippen molar-refractivity contribution in [2.75, 3.05) is 11.6 Å². The molecular formula is C12H17N3. The Morgan fingerprint density at radius 2 is 2.00 bits per heavy atom. The first-order valence-electron chi connectivity index (χ1n) is 5.20. The van der Waals surface area contributed by atoms with E-state index in [-0.39, 0.29) is 5.54 Å². The summed E-state index contributed by atoms with van der Waals surface area (Å²) in [6.45, 7) is 7.50. The molecule has 1 aromatic heterocycles. The molecule has 0 bridgehead atoms. The van der Waals surface area contributed by atoms with Gasteiger partial charge in [0.2, 0.25) is 0 Å². The number of pyridine rings is 1. The predicted octanol–water partition coefficient (Wildman–Crippen LogP) is 2.43. The van der Waals surface area contributed by atoms with E-state index >= 15 is 0 Å². The summed E-state index contributed by atoms with van der Waals surface area (Å²) in [6.07, 6.45) is 6.02. The molecule has 0 unspecified atom stereocenters. The maximum Gasteiger partial charge on any atom is 0.133 e. The van der Waals surface area contributed by atoms with E-state index in [1.807, 2.05) is 24.4 Å². The monoisotopic (exact) mass is 203 g/mol. The lowest BCUT2D eigenvalue weighted by Gasteiger charge is -2.32. The Morgan fingerprint density at radius 1 is 1.20 bits per heavy atom. The second-order valence-corrected chi connectivity index (χ2v) is 4.74. The zero-order chi connectivity index (χ0) is 10.9. The average Bonchev–Trinajstić information content (AvgIpc) is 2.67. The number of hydrogen-bond donors (Lipinski definition) is 0. The molecule has 1 aromatic rings. The van der Waals surface area contributed by atoms with Crippen LogP contribution >= 0.6 is 0 Å². The van der Waals surface area contributed by atoms with Crippen LogP contribution in [0.15, 0.2) is 36.8 Å². The van der Waals surface area contributed by atoms with Gasteiger partial charge in [-0.3, -0.25) is 0 Å². The van der Waals surface area contributed by atoms with Crippen molar-refractivity contribution in [2.45, 2.75) is 26.3 Å². The Bertz CT molecular complexity index is 351. The molecule has 0 radical (unpaired) electrons. The van der Waals surface area contributed by atoms with Gasteiger partial charge in [-0.15, -0.1) is 0 Å². The molecular weight excluding hydrogens is 186 g/mol. The van der Waals surface area contributed by atoms with Crippen molar-refractivity contribution in [2.24, 2.45) is 0 Å². The molecule has 3 nitrogen and oxygen atoms in total. The van der Waals surface area contributed by atoms with Gasteiger partial charge in [-0.2, -0.15) is 0 Å². The largest absolute Gasteiger partial charge is 0.353 e. The van der Waals surface area contributed by atoms with Crippen molar-refractivity contribution >= 4 is 5.82 Å². The molecule has 2 rings (SSSR count). The van der Waals surface area contributed by atoms with Crippen LogP contribution in [0.25, 0.3) is 0 Å². The molecule has 0 saturated heterocycles. The lowest BCUT2D eigenvalue weighted by Crippen LogP contribution is -2.39. The van der Waals surface area contributed by atoms with Crippen molar-refractivity contribution in [3.8, 4) is 0 Å². The van der Waals surface area contributed by atoms with E-state index in [1.54, 1.807) is 0 Å². The summed E-state index contributed by atoms with van der Waals surface area (Å²) in [4.78, 5) is 8.76. The molecule has 0 spiro atoms. The Labute approximate surface area is 91.0 Å². The molecule has 0 saturated carbocycles. The fourth-order valence-electron chi connectivity index (χ4n) is 1.53. The van der Waals surface area contributed by atoms with Gasteiger partial charge in [-0.05, 0) is 32.9 Å². The highest BCUT2D eigenvalue weighted by Gasteiger charge is 2.24. The molecule has 0 fully saturated rings. The quantitative estimate of drug-likeness (QED) is 0.698. The molecule has 80 valence electrons. The normalized spacial score (nSPS) is 16.2. The molecule has 1 aliphatic heterocycles. The lowest BCUT2D eigenvalue weighted by atomic mass is 10.1. The Balaban J connectivity index is 2.10. The van der Waals surface area contributed by atoms with Gasteiger partial charge in [-0.25, -0.2) is 4.98 Å². The maximum absolute atomic E-state index is 4.33. The first-order valence-corrected chi connectivity index (χ1v) is 5.20. The number of aromatic nitrogens is 1. The van der Waals surface area contributed by atoms with Crippen LogP contribution in [0.4, 0.5) is 5.82 Å². The number of rotatable bonds is 1. The van der Waals surface area contributed by atoms with E-state index in [2.05, 4.69) is 48.0 Å². The Morgan fingerprint density at radius 3 is 2.53 bits per heavy atom. The molecule has 0 amide bonds. The van der Waals surface area contributed by atoms with Gasteiger partial charge in [0.25, 0.3) is 0 Å². The third-order valence-corrected chi connectivity index (χ3v) is 2.54. The van der Waals surface area contributed by atoms with Crippen LogP contribution in [-0.2, 0) is 0 Å². The highest BCUT2D eigenvalue weighted by molar-refractivity contribution is 5.43. The van der Waals surface area contributed by atoms with Gasteiger partial charge in [-0.1, -0.05) is 6.07 Å². The van der Waals surface area contributed by atoms with Crippen molar-refractivity contribution in [3.63, 3.8) is 0 Å². The first-order chi connectivity index (χ1) is 7.07. The molecule has 2 heterocycles. The van der Waals surface area contributed by atoms with Gasteiger partial charge in [0, 0.05) is 24.1 Å². The number of anilines is 1. The molecule has 0 aliphatic carbocycles. The van der Waals surface area contributed by atoms with Crippen LogP contribution in [0.5, 0.6) is 0 Å². The van der Waals surface area contributed by atoms with Crippen LogP contribution in [-0.4, -0.2) is 22.1 Å². The summed E-state index contributed by atoms with van der Waals surface area (Å²) >= 11 is 0. The van der Waals surface area contributed by atoms with Gasteiger partial charge in [0.1, 0.15) is 5.82 Å². The van der Waals surface area contributed by atoms with Crippen LogP contribution in [0.3, 0.4) is 0 Å². The van der Waals surface area contributed by atoms with E-state index in [1.165, 1.54) is 0 Å². The van der Waals surface area contributed by atoms with Gasteiger partial charge in [0.05, 0.1) is 6.67 Å². The van der Waals surface area contributed by atoms with E-state index in [4.69, 9.17) is 0 Å². The minimum Gasteiger partial charge on any atom is -0.353 e. The van der Waals surface area contributed by atoms with E-state index in [0.717, 1.165) is 12.5 Å². The van der Waals surface area contributed by atoms with Crippen LogP contribution < -0.4 is 4.90 Å². The molecule has 0 aromatic carbocycles. The highest BCUT2D eigenvalue weighted by Crippen LogP contribution is 2.22. The number of hydrogen-bond acceptors (Lipinski definition) is 3. The van der Waals surface area contributed by atoms with E-state index in [0.29, 0.717) is 0 Å². The number of nitrogens with zero attached hydrogens (tertiary/aromatic N) is 3. The summed E-state index contributed by atoms with van der Waals surface area (Å²) in [6, 6.07) is 5.97. The molecule has 15 heavy (non-hydrogen) atoms.